The number of hydrogen-bond acceptors (Lipinski definition) is 4. The minimum absolute atomic E-state index is 0.125. The number of urea groups is 1. The molecule has 3 aliphatic rings. The number of hydrogen-bond donors (Lipinski definition) is 1. The highest BCUT2D eigenvalue weighted by molar-refractivity contribution is 5.96. The molecule has 0 radical (unpaired) electrons. The topological polar surface area (TPSA) is 73.0 Å². The molecular formula is C15H24N4O3. The molecule has 122 valence electrons. The van der Waals surface area contributed by atoms with Gasteiger partial charge < -0.3 is 10.2 Å². The predicted octanol–water partition coefficient (Wildman–Crippen LogP) is 0.0135. The predicted molar refractivity (Wildman–Crippen MR) is 80.1 cm³/mol. The molecule has 3 fully saturated rings. The van der Waals surface area contributed by atoms with E-state index in [2.05, 4.69) is 10.2 Å². The normalized spacial score (nSPS) is 29.2. The van der Waals surface area contributed by atoms with E-state index in [4.69, 9.17) is 0 Å². The summed E-state index contributed by atoms with van der Waals surface area (Å²) in [5, 5.41) is 2.66. The van der Waals surface area contributed by atoms with Crippen LogP contribution in [0.25, 0.3) is 0 Å². The van der Waals surface area contributed by atoms with Gasteiger partial charge >= 0.3 is 6.03 Å². The molecule has 0 saturated carbocycles. The van der Waals surface area contributed by atoms with Crippen molar-refractivity contribution in [2.45, 2.75) is 44.7 Å². The maximum Gasteiger partial charge on any atom is 0.324 e. The molecule has 4 amide bonds. The average molecular weight is 308 g/mol. The Kier molecular flexibility index (Phi) is 4.33. The van der Waals surface area contributed by atoms with Crippen LogP contribution in [0.1, 0.15) is 32.6 Å². The lowest BCUT2D eigenvalue weighted by Gasteiger charge is -2.34. The summed E-state index contributed by atoms with van der Waals surface area (Å²) < 4.78 is 0. The maximum atomic E-state index is 12.3. The first-order valence-electron chi connectivity index (χ1n) is 8.17. The summed E-state index contributed by atoms with van der Waals surface area (Å²) >= 11 is 0. The highest BCUT2D eigenvalue weighted by Crippen LogP contribution is 2.30. The Hall–Kier alpha value is -1.63. The van der Waals surface area contributed by atoms with Gasteiger partial charge in [-0.15, -0.1) is 0 Å². The number of carbonyl (C=O) groups is 3. The molecule has 7 nitrogen and oxygen atoms in total. The Morgan fingerprint density at radius 2 is 1.86 bits per heavy atom. The van der Waals surface area contributed by atoms with Gasteiger partial charge in [0.2, 0.25) is 11.8 Å². The Morgan fingerprint density at radius 3 is 2.55 bits per heavy atom. The second-order valence-electron chi connectivity index (χ2n) is 6.38. The van der Waals surface area contributed by atoms with Crippen LogP contribution in [0.5, 0.6) is 0 Å². The molecule has 3 saturated heterocycles. The molecule has 0 spiro atoms. The van der Waals surface area contributed by atoms with Crippen molar-refractivity contribution in [3.63, 3.8) is 0 Å². The van der Waals surface area contributed by atoms with E-state index in [1.807, 2.05) is 4.90 Å². The van der Waals surface area contributed by atoms with Gasteiger partial charge in [-0.3, -0.25) is 19.4 Å². The van der Waals surface area contributed by atoms with Gasteiger partial charge in [-0.2, -0.15) is 0 Å². The van der Waals surface area contributed by atoms with Crippen LogP contribution in [0.2, 0.25) is 0 Å². The number of carbonyl (C=O) groups excluding carboxylic acids is 3. The fourth-order valence-corrected chi connectivity index (χ4v) is 4.04. The van der Waals surface area contributed by atoms with Gasteiger partial charge in [-0.05, 0) is 32.2 Å². The smallest absolute Gasteiger partial charge is 0.324 e. The van der Waals surface area contributed by atoms with Crippen LogP contribution < -0.4 is 5.32 Å². The number of imide groups is 1. The van der Waals surface area contributed by atoms with E-state index < -0.39 is 0 Å². The minimum Gasteiger partial charge on any atom is -0.338 e. The highest BCUT2D eigenvalue weighted by Gasteiger charge is 2.40. The van der Waals surface area contributed by atoms with E-state index in [0.717, 1.165) is 38.8 Å². The number of likely N-dealkylation sites (tertiary alicyclic amines) is 2. The summed E-state index contributed by atoms with van der Waals surface area (Å²) in [7, 11) is 0. The summed E-state index contributed by atoms with van der Waals surface area (Å²) in [5.74, 6) is -0.00568. The Balaban J connectivity index is 1.64. The number of nitrogens with one attached hydrogen (secondary N) is 1. The summed E-state index contributed by atoms with van der Waals surface area (Å²) in [6, 6.07) is 0.188. The summed E-state index contributed by atoms with van der Waals surface area (Å²) in [6.07, 6.45) is 4.12. The van der Waals surface area contributed by atoms with Gasteiger partial charge in [-0.1, -0.05) is 0 Å². The lowest BCUT2D eigenvalue weighted by atomic mass is 10.0. The van der Waals surface area contributed by atoms with Crippen LogP contribution in [0.3, 0.4) is 0 Å². The van der Waals surface area contributed by atoms with E-state index in [9.17, 15) is 14.4 Å². The molecule has 0 aromatic rings. The minimum atomic E-state index is -0.285. The van der Waals surface area contributed by atoms with Crippen LogP contribution in [-0.4, -0.2) is 77.4 Å². The molecule has 2 unspecified atom stereocenters. The Morgan fingerprint density at radius 1 is 1.14 bits per heavy atom. The maximum absolute atomic E-state index is 12.3. The molecule has 0 aliphatic carbocycles. The molecule has 22 heavy (non-hydrogen) atoms. The molecule has 0 aromatic heterocycles. The Bertz CT molecular complexity index is 481. The van der Waals surface area contributed by atoms with Gasteiger partial charge in [-0.25, -0.2) is 4.79 Å². The van der Waals surface area contributed by atoms with Crippen molar-refractivity contribution in [1.82, 2.24) is 20.0 Å². The van der Waals surface area contributed by atoms with Crippen molar-refractivity contribution >= 4 is 17.8 Å². The van der Waals surface area contributed by atoms with Gasteiger partial charge in [0, 0.05) is 38.6 Å². The summed E-state index contributed by atoms with van der Waals surface area (Å²) in [6.45, 7) is 4.59. The van der Waals surface area contributed by atoms with E-state index in [-0.39, 0.29) is 36.5 Å². The quantitative estimate of drug-likeness (QED) is 0.797. The van der Waals surface area contributed by atoms with Crippen molar-refractivity contribution in [1.29, 1.82) is 0 Å². The standard InChI is InChI=1S/C15H24N4O3/c1-11(20)18-8-3-5-13(18)12-4-2-7-17(12)10-14(21)19-9-6-16-15(19)22/h12-13H,2-10H2,1H3,(H,16,22). The number of amides is 4. The molecule has 0 bridgehead atoms. The SMILES string of the molecule is CC(=O)N1CCCC1C1CCCN1CC(=O)N1CCNC1=O. The Labute approximate surface area is 130 Å². The van der Waals surface area contributed by atoms with Crippen LogP contribution in [0.4, 0.5) is 4.79 Å². The van der Waals surface area contributed by atoms with E-state index in [0.29, 0.717) is 13.1 Å². The van der Waals surface area contributed by atoms with Crippen LogP contribution in [0.15, 0.2) is 0 Å². The average Bonchev–Trinajstić information content (AvgIpc) is 3.16. The largest absolute Gasteiger partial charge is 0.338 e. The number of nitrogens with zero attached hydrogens (tertiary/aromatic N) is 3. The third kappa shape index (κ3) is 2.82. The molecular weight excluding hydrogens is 284 g/mol. The van der Waals surface area contributed by atoms with Crippen LogP contribution in [0, 0.1) is 0 Å². The van der Waals surface area contributed by atoms with E-state index in [1.165, 1.54) is 4.90 Å². The lowest BCUT2D eigenvalue weighted by molar-refractivity contribution is -0.131. The van der Waals surface area contributed by atoms with E-state index in [1.54, 1.807) is 6.92 Å². The zero-order chi connectivity index (χ0) is 15.7. The molecule has 3 aliphatic heterocycles. The summed E-state index contributed by atoms with van der Waals surface area (Å²) in [4.78, 5) is 41.1. The highest BCUT2D eigenvalue weighted by atomic mass is 16.2. The van der Waals surface area contributed by atoms with Crippen molar-refractivity contribution in [3.05, 3.63) is 0 Å². The van der Waals surface area contributed by atoms with Crippen LogP contribution >= 0.6 is 0 Å². The van der Waals surface area contributed by atoms with Crippen molar-refractivity contribution in [3.8, 4) is 0 Å². The number of rotatable bonds is 3. The summed E-state index contributed by atoms with van der Waals surface area (Å²) in [5.41, 5.74) is 0. The second-order valence-corrected chi connectivity index (χ2v) is 6.38. The lowest BCUT2D eigenvalue weighted by Crippen LogP contribution is -2.50. The zero-order valence-corrected chi connectivity index (χ0v) is 13.1. The van der Waals surface area contributed by atoms with Crippen LogP contribution in [-0.2, 0) is 9.59 Å². The zero-order valence-electron chi connectivity index (χ0n) is 13.1. The molecule has 1 N–H and O–H groups in total. The van der Waals surface area contributed by atoms with Crippen molar-refractivity contribution < 1.29 is 14.4 Å². The first-order valence-corrected chi connectivity index (χ1v) is 8.17. The van der Waals surface area contributed by atoms with Gasteiger partial charge in [0.25, 0.3) is 0 Å². The first-order chi connectivity index (χ1) is 10.6. The monoisotopic (exact) mass is 308 g/mol. The first kappa shape index (κ1) is 15.3. The molecule has 3 rings (SSSR count). The third-order valence-electron chi connectivity index (χ3n) is 5.06. The third-order valence-corrected chi connectivity index (χ3v) is 5.06. The van der Waals surface area contributed by atoms with Gasteiger partial charge in [0.05, 0.1) is 6.54 Å². The fraction of sp³-hybridized carbons (Fsp3) is 0.800. The van der Waals surface area contributed by atoms with Crippen molar-refractivity contribution in [2.75, 3.05) is 32.7 Å². The molecule has 2 atom stereocenters. The fourth-order valence-electron chi connectivity index (χ4n) is 4.04. The van der Waals surface area contributed by atoms with E-state index >= 15 is 0 Å². The molecule has 0 aromatic carbocycles. The molecule has 3 heterocycles. The molecule has 7 heteroatoms. The van der Waals surface area contributed by atoms with Crippen molar-refractivity contribution in [2.24, 2.45) is 0 Å². The van der Waals surface area contributed by atoms with Gasteiger partial charge in [0.1, 0.15) is 0 Å². The second kappa shape index (κ2) is 6.24. The van der Waals surface area contributed by atoms with Gasteiger partial charge in [0.15, 0.2) is 0 Å².